The quantitative estimate of drug-likeness (QED) is 0.648. The van der Waals surface area contributed by atoms with Gasteiger partial charge in [-0.3, -0.25) is 14.8 Å². The van der Waals surface area contributed by atoms with Gasteiger partial charge in [-0.1, -0.05) is 36.9 Å². The molecule has 1 atom stereocenters. The molecule has 0 aliphatic heterocycles. The number of nitrogens with zero attached hydrogens (tertiary/aromatic N) is 4. The van der Waals surface area contributed by atoms with E-state index in [9.17, 15) is 4.79 Å². The lowest BCUT2D eigenvalue weighted by atomic mass is 10.3. The van der Waals surface area contributed by atoms with Crippen molar-refractivity contribution in [3.63, 3.8) is 0 Å². The van der Waals surface area contributed by atoms with Gasteiger partial charge < -0.3 is 4.74 Å². The molecule has 114 valence electrons. The number of amides is 1. The van der Waals surface area contributed by atoms with Crippen molar-refractivity contribution in [3.8, 4) is 5.88 Å². The number of thioether (sulfide) groups is 1. The summed E-state index contributed by atoms with van der Waals surface area (Å²) in [6.45, 7) is 4.25. The number of ether oxygens (including phenoxy) is 1. The molecule has 0 saturated carbocycles. The summed E-state index contributed by atoms with van der Waals surface area (Å²) in [5, 5.41) is 15.7. The standard InChI is InChI=1S/C12H17N5O2S2/c1-5-7(2)20-12-15-14-11(21-12)13-9(18)8-6-17(3)16-10(8)19-4/h6-7H,5H2,1-4H3,(H,13,14,18)/t7-/m0/s1. The van der Waals surface area contributed by atoms with E-state index in [1.165, 1.54) is 23.1 Å². The number of nitrogens with one attached hydrogen (secondary N) is 1. The van der Waals surface area contributed by atoms with Crippen LogP contribution < -0.4 is 10.1 Å². The van der Waals surface area contributed by atoms with Crippen LogP contribution in [0.25, 0.3) is 0 Å². The Bertz CT molecular complexity index is 625. The Balaban J connectivity index is 2.06. The molecule has 2 rings (SSSR count). The number of hydrogen-bond acceptors (Lipinski definition) is 7. The first-order valence-electron chi connectivity index (χ1n) is 6.42. The third-order valence-corrected chi connectivity index (χ3v) is 4.93. The number of methoxy groups -OCH3 is 1. The summed E-state index contributed by atoms with van der Waals surface area (Å²) in [4.78, 5) is 12.2. The molecule has 2 aromatic heterocycles. The smallest absolute Gasteiger partial charge is 0.264 e. The van der Waals surface area contributed by atoms with Crippen LogP contribution in [0.15, 0.2) is 10.5 Å². The second-order valence-corrected chi connectivity index (χ2v) is 7.05. The molecule has 0 saturated heterocycles. The van der Waals surface area contributed by atoms with Gasteiger partial charge in [0.2, 0.25) is 11.0 Å². The van der Waals surface area contributed by atoms with Crippen LogP contribution in [0.4, 0.5) is 5.13 Å². The minimum atomic E-state index is -0.309. The normalized spacial score (nSPS) is 12.2. The van der Waals surface area contributed by atoms with E-state index in [0.29, 0.717) is 15.9 Å². The van der Waals surface area contributed by atoms with Gasteiger partial charge in [0.05, 0.1) is 7.11 Å². The first-order chi connectivity index (χ1) is 10.0. The average molecular weight is 327 g/mol. The predicted octanol–water partition coefficient (Wildman–Crippen LogP) is 2.42. The zero-order chi connectivity index (χ0) is 15.4. The molecule has 2 aromatic rings. The van der Waals surface area contributed by atoms with Gasteiger partial charge in [-0.2, -0.15) is 0 Å². The number of aromatic nitrogens is 4. The Kier molecular flexibility index (Phi) is 5.18. The van der Waals surface area contributed by atoms with Crippen LogP contribution in [0.1, 0.15) is 30.6 Å². The van der Waals surface area contributed by atoms with Gasteiger partial charge in [0, 0.05) is 18.5 Å². The fourth-order valence-corrected chi connectivity index (χ4v) is 3.50. The summed E-state index contributed by atoms with van der Waals surface area (Å²) < 4.78 is 7.44. The SMILES string of the molecule is CC[C@H](C)Sc1nnc(NC(=O)c2cn(C)nc2OC)s1. The van der Waals surface area contributed by atoms with E-state index in [1.54, 1.807) is 25.0 Å². The molecule has 7 nitrogen and oxygen atoms in total. The van der Waals surface area contributed by atoms with Crippen LogP contribution in [0.2, 0.25) is 0 Å². The molecule has 0 radical (unpaired) electrons. The van der Waals surface area contributed by atoms with Crippen LogP contribution >= 0.6 is 23.1 Å². The Labute approximate surface area is 131 Å². The highest BCUT2D eigenvalue weighted by molar-refractivity contribution is 8.01. The van der Waals surface area contributed by atoms with Crippen molar-refractivity contribution in [2.24, 2.45) is 7.05 Å². The van der Waals surface area contributed by atoms with E-state index >= 15 is 0 Å². The maximum absolute atomic E-state index is 12.2. The molecule has 9 heteroatoms. The Morgan fingerprint density at radius 2 is 2.33 bits per heavy atom. The maximum atomic E-state index is 12.2. The van der Waals surface area contributed by atoms with Crippen molar-refractivity contribution in [3.05, 3.63) is 11.8 Å². The summed E-state index contributed by atoms with van der Waals surface area (Å²) in [5.74, 6) is -0.0232. The van der Waals surface area contributed by atoms with Crippen molar-refractivity contribution < 1.29 is 9.53 Å². The zero-order valence-corrected chi connectivity index (χ0v) is 13.9. The maximum Gasteiger partial charge on any atom is 0.264 e. The van der Waals surface area contributed by atoms with Crippen molar-refractivity contribution in [2.45, 2.75) is 29.9 Å². The minimum absolute atomic E-state index is 0.286. The summed E-state index contributed by atoms with van der Waals surface area (Å²) in [7, 11) is 3.20. The first kappa shape index (κ1) is 15.8. The number of anilines is 1. The zero-order valence-electron chi connectivity index (χ0n) is 12.3. The topological polar surface area (TPSA) is 81.9 Å². The molecule has 0 spiro atoms. The molecule has 0 aromatic carbocycles. The summed E-state index contributed by atoms with van der Waals surface area (Å²) in [5.41, 5.74) is 0.367. The van der Waals surface area contributed by atoms with Gasteiger partial charge in [0.15, 0.2) is 4.34 Å². The number of hydrogen-bond donors (Lipinski definition) is 1. The van der Waals surface area contributed by atoms with E-state index in [4.69, 9.17) is 4.74 Å². The lowest BCUT2D eigenvalue weighted by Crippen LogP contribution is -2.12. The molecule has 0 aliphatic carbocycles. The number of aryl methyl sites for hydroxylation is 1. The third-order valence-electron chi connectivity index (χ3n) is 2.74. The van der Waals surface area contributed by atoms with E-state index < -0.39 is 0 Å². The molecule has 1 amide bonds. The highest BCUT2D eigenvalue weighted by atomic mass is 32.2. The van der Waals surface area contributed by atoms with E-state index in [0.717, 1.165) is 10.8 Å². The second-order valence-electron chi connectivity index (χ2n) is 4.39. The predicted molar refractivity (Wildman–Crippen MR) is 83.2 cm³/mol. The Hall–Kier alpha value is -1.61. The number of rotatable bonds is 6. The number of carbonyl (C=O) groups excluding carboxylic acids is 1. The van der Waals surface area contributed by atoms with Gasteiger partial charge in [0.25, 0.3) is 5.91 Å². The molecular weight excluding hydrogens is 310 g/mol. The van der Waals surface area contributed by atoms with Crippen LogP contribution in [0.3, 0.4) is 0 Å². The molecule has 21 heavy (non-hydrogen) atoms. The molecule has 2 heterocycles. The molecule has 0 aliphatic rings. The number of carbonyl (C=O) groups is 1. The Morgan fingerprint density at radius 1 is 1.57 bits per heavy atom. The van der Waals surface area contributed by atoms with Crippen molar-refractivity contribution in [1.29, 1.82) is 0 Å². The fraction of sp³-hybridized carbons (Fsp3) is 0.500. The lowest BCUT2D eigenvalue weighted by molar-refractivity contribution is 0.102. The lowest BCUT2D eigenvalue weighted by Gasteiger charge is -2.02. The summed E-state index contributed by atoms with van der Waals surface area (Å²) in [6.07, 6.45) is 2.66. The highest BCUT2D eigenvalue weighted by Crippen LogP contribution is 2.30. The van der Waals surface area contributed by atoms with Gasteiger partial charge in [-0.25, -0.2) is 0 Å². The molecular formula is C12H17N5O2S2. The van der Waals surface area contributed by atoms with Crippen LogP contribution in [-0.2, 0) is 7.05 Å². The summed E-state index contributed by atoms with van der Waals surface area (Å²) in [6, 6.07) is 0. The monoisotopic (exact) mass is 327 g/mol. The van der Waals surface area contributed by atoms with Gasteiger partial charge in [0.1, 0.15) is 5.56 Å². The fourth-order valence-electron chi connectivity index (χ4n) is 1.50. The van der Waals surface area contributed by atoms with Crippen LogP contribution in [-0.4, -0.2) is 38.2 Å². The van der Waals surface area contributed by atoms with Crippen molar-refractivity contribution in [1.82, 2.24) is 20.0 Å². The molecule has 1 N–H and O–H groups in total. The van der Waals surface area contributed by atoms with Gasteiger partial charge in [-0.05, 0) is 6.42 Å². The Morgan fingerprint density at radius 3 is 3.00 bits per heavy atom. The van der Waals surface area contributed by atoms with Crippen molar-refractivity contribution in [2.75, 3.05) is 12.4 Å². The third kappa shape index (κ3) is 3.94. The summed E-state index contributed by atoms with van der Waals surface area (Å²) >= 11 is 3.01. The highest BCUT2D eigenvalue weighted by Gasteiger charge is 2.18. The first-order valence-corrected chi connectivity index (χ1v) is 8.12. The van der Waals surface area contributed by atoms with Crippen LogP contribution in [0.5, 0.6) is 5.88 Å². The largest absolute Gasteiger partial charge is 0.479 e. The second kappa shape index (κ2) is 6.90. The van der Waals surface area contributed by atoms with E-state index in [2.05, 4.69) is 34.5 Å². The van der Waals surface area contributed by atoms with E-state index in [1.807, 2.05) is 0 Å². The molecule has 0 fully saturated rings. The minimum Gasteiger partial charge on any atom is -0.479 e. The van der Waals surface area contributed by atoms with Crippen LogP contribution in [0, 0.1) is 0 Å². The molecule has 0 bridgehead atoms. The van der Waals surface area contributed by atoms with Gasteiger partial charge >= 0.3 is 0 Å². The van der Waals surface area contributed by atoms with Gasteiger partial charge in [-0.15, -0.1) is 15.3 Å². The van der Waals surface area contributed by atoms with Crippen molar-refractivity contribution >= 4 is 34.1 Å². The van der Waals surface area contributed by atoms with E-state index in [-0.39, 0.29) is 11.8 Å². The average Bonchev–Trinajstić information content (AvgIpc) is 3.05. The molecule has 0 unspecified atom stereocenters.